The molecule has 136 valence electrons. The smallest absolute Gasteiger partial charge is 0.380 e. The first kappa shape index (κ1) is 18.0. The number of rotatable bonds is 4. The fourth-order valence-electron chi connectivity index (χ4n) is 2.70. The van der Waals surface area contributed by atoms with Gasteiger partial charge in [0.05, 0.1) is 12.2 Å². The van der Waals surface area contributed by atoms with Crippen LogP contribution in [0.1, 0.15) is 35.4 Å². The number of allylic oxidation sites excluding steroid dienone is 1. The van der Waals surface area contributed by atoms with Crippen molar-refractivity contribution in [3.05, 3.63) is 58.6 Å². The number of nitrogens with zero attached hydrogens (tertiary/aromatic N) is 3. The topological polar surface area (TPSA) is 85.0 Å². The molecule has 1 aromatic heterocycles. The first-order chi connectivity index (χ1) is 12.1. The van der Waals surface area contributed by atoms with E-state index in [1.54, 1.807) is 0 Å². The van der Waals surface area contributed by atoms with Gasteiger partial charge in [-0.3, -0.25) is 4.68 Å². The quantitative estimate of drug-likeness (QED) is 0.598. The minimum atomic E-state index is -5.78. The highest BCUT2D eigenvalue weighted by Gasteiger charge is 2.50. The highest BCUT2D eigenvalue weighted by Crippen LogP contribution is 2.41. The Hall–Kier alpha value is -2.80. The fourth-order valence-corrected chi connectivity index (χ4v) is 3.24. The molecule has 1 atom stereocenters. The van der Waals surface area contributed by atoms with Crippen LogP contribution in [-0.4, -0.2) is 23.7 Å². The lowest BCUT2D eigenvalue weighted by molar-refractivity contribution is -0.0523. The summed E-state index contributed by atoms with van der Waals surface area (Å²) in [5, 5.41) is 13.4. The van der Waals surface area contributed by atoms with E-state index >= 15 is 0 Å². The second-order valence-electron chi connectivity index (χ2n) is 5.65. The Balaban J connectivity index is 1.99. The van der Waals surface area contributed by atoms with E-state index < -0.39 is 27.3 Å². The zero-order chi connectivity index (χ0) is 19.1. The van der Waals surface area contributed by atoms with Crippen molar-refractivity contribution >= 4 is 16.2 Å². The van der Waals surface area contributed by atoms with Gasteiger partial charge in [0.15, 0.2) is 5.69 Å². The van der Waals surface area contributed by atoms with Crippen molar-refractivity contribution in [1.82, 2.24) is 9.78 Å². The summed E-state index contributed by atoms with van der Waals surface area (Å²) in [5.74, 6) is -1.24. The summed E-state index contributed by atoms with van der Waals surface area (Å²) >= 11 is 0. The number of hydrogen-bond donors (Lipinski definition) is 0. The van der Waals surface area contributed by atoms with E-state index in [0.717, 1.165) is 5.56 Å². The number of benzene rings is 1. The Kier molecular flexibility index (Phi) is 4.28. The maximum Gasteiger partial charge on any atom is 0.534 e. The molecular formula is C16H12F3N3O3S. The Morgan fingerprint density at radius 1 is 1.31 bits per heavy atom. The van der Waals surface area contributed by atoms with Gasteiger partial charge in [-0.25, -0.2) is 0 Å². The lowest BCUT2D eigenvalue weighted by Crippen LogP contribution is -2.25. The van der Waals surface area contributed by atoms with Gasteiger partial charge in [0, 0.05) is 17.6 Å². The summed E-state index contributed by atoms with van der Waals surface area (Å²) < 4.78 is 66.0. The van der Waals surface area contributed by atoms with Crippen molar-refractivity contribution in [2.45, 2.75) is 24.9 Å². The second kappa shape index (κ2) is 6.17. The van der Waals surface area contributed by atoms with Gasteiger partial charge in [-0.15, -0.1) is 0 Å². The number of halogens is 3. The van der Waals surface area contributed by atoms with Crippen LogP contribution in [-0.2, 0) is 20.8 Å². The molecule has 0 radical (unpaired) electrons. The number of fused-ring (bicyclic) bond motifs is 1. The van der Waals surface area contributed by atoms with E-state index in [-0.39, 0.29) is 12.2 Å². The normalized spacial score (nSPS) is 16.7. The van der Waals surface area contributed by atoms with E-state index in [1.807, 2.05) is 36.4 Å². The van der Waals surface area contributed by atoms with Gasteiger partial charge >= 0.3 is 15.6 Å². The molecule has 1 aliphatic rings. The highest BCUT2D eigenvalue weighted by atomic mass is 32.2. The van der Waals surface area contributed by atoms with Crippen LogP contribution in [0.4, 0.5) is 13.2 Å². The van der Waals surface area contributed by atoms with Gasteiger partial charge in [-0.2, -0.15) is 31.9 Å². The summed E-state index contributed by atoms with van der Waals surface area (Å²) in [6, 6.07) is 11.0. The summed E-state index contributed by atoms with van der Waals surface area (Å²) in [6.45, 7) is 1.73. The lowest BCUT2D eigenvalue weighted by Gasteiger charge is -2.13. The van der Waals surface area contributed by atoms with Gasteiger partial charge in [-0.1, -0.05) is 37.3 Å². The predicted octanol–water partition coefficient (Wildman–Crippen LogP) is 3.13. The molecule has 1 aliphatic carbocycles. The van der Waals surface area contributed by atoms with Crippen LogP contribution < -0.4 is 0 Å². The molecule has 0 saturated carbocycles. The second-order valence-corrected chi connectivity index (χ2v) is 7.19. The molecular weight excluding hydrogens is 371 g/mol. The molecule has 0 bridgehead atoms. The van der Waals surface area contributed by atoms with Gasteiger partial charge in [0.25, 0.3) is 0 Å². The first-order valence-electron chi connectivity index (χ1n) is 7.41. The Morgan fingerprint density at radius 2 is 1.96 bits per heavy atom. The third kappa shape index (κ3) is 3.06. The van der Waals surface area contributed by atoms with Gasteiger partial charge in [-0.05, 0) is 5.56 Å². The maximum atomic E-state index is 12.6. The van der Waals surface area contributed by atoms with Crippen LogP contribution >= 0.6 is 0 Å². The monoisotopic (exact) mass is 383 g/mol. The molecule has 1 heterocycles. The van der Waals surface area contributed by atoms with Crippen LogP contribution in [0.15, 0.2) is 36.1 Å². The first-order valence-corrected chi connectivity index (χ1v) is 8.82. The maximum absolute atomic E-state index is 12.6. The molecule has 10 heteroatoms. The van der Waals surface area contributed by atoms with E-state index in [9.17, 15) is 26.9 Å². The average molecular weight is 383 g/mol. The van der Waals surface area contributed by atoms with Crippen molar-refractivity contribution in [3.8, 4) is 6.07 Å². The summed E-state index contributed by atoms with van der Waals surface area (Å²) in [4.78, 5) is 0. The number of alkyl halides is 3. The molecule has 0 spiro atoms. The largest absolute Gasteiger partial charge is 0.534 e. The van der Waals surface area contributed by atoms with Crippen molar-refractivity contribution in [1.29, 1.82) is 5.26 Å². The molecule has 2 aromatic rings. The van der Waals surface area contributed by atoms with E-state index in [0.29, 0.717) is 11.3 Å². The van der Waals surface area contributed by atoms with E-state index in [2.05, 4.69) is 9.28 Å². The van der Waals surface area contributed by atoms with Crippen molar-refractivity contribution in [2.75, 3.05) is 0 Å². The standard InChI is InChI=1S/C16H12F3N3O3S/c1-10-14(25-26(23,24)16(17,18)19)7-13-15(10)12(8-20)21-22(13)9-11-5-3-2-4-6-11/h2-7,10H,9H2,1H3. The number of aromatic nitrogens is 2. The molecule has 0 amide bonds. The molecule has 6 nitrogen and oxygen atoms in total. The minimum absolute atomic E-state index is 0.0164. The molecule has 26 heavy (non-hydrogen) atoms. The SMILES string of the molecule is CC1C(OS(=O)(=O)C(F)(F)F)=Cc2c1c(C#N)nn2Cc1ccccc1. The molecule has 0 fully saturated rings. The summed E-state index contributed by atoms with van der Waals surface area (Å²) in [7, 11) is -5.78. The lowest BCUT2D eigenvalue weighted by atomic mass is 10.0. The van der Waals surface area contributed by atoms with Crippen LogP contribution in [0.5, 0.6) is 0 Å². The number of hydrogen-bond acceptors (Lipinski definition) is 5. The van der Waals surface area contributed by atoms with E-state index in [1.165, 1.54) is 17.7 Å². The molecule has 3 rings (SSSR count). The Bertz CT molecular complexity index is 1020. The molecule has 0 N–H and O–H groups in total. The highest BCUT2D eigenvalue weighted by molar-refractivity contribution is 7.87. The van der Waals surface area contributed by atoms with Crippen LogP contribution in [0, 0.1) is 11.3 Å². The third-order valence-electron chi connectivity index (χ3n) is 3.94. The van der Waals surface area contributed by atoms with Crippen LogP contribution in [0.3, 0.4) is 0 Å². The third-order valence-corrected chi connectivity index (χ3v) is 4.92. The molecule has 1 unspecified atom stereocenters. The predicted molar refractivity (Wildman–Crippen MR) is 84.9 cm³/mol. The molecule has 0 aliphatic heterocycles. The fraction of sp³-hybridized carbons (Fsp3) is 0.250. The van der Waals surface area contributed by atoms with Gasteiger partial charge in [0.1, 0.15) is 11.8 Å². The average Bonchev–Trinajstić information content (AvgIpc) is 3.06. The Morgan fingerprint density at radius 3 is 2.54 bits per heavy atom. The van der Waals surface area contributed by atoms with Crippen molar-refractivity contribution in [2.24, 2.45) is 0 Å². The van der Waals surface area contributed by atoms with Crippen LogP contribution in [0.25, 0.3) is 6.08 Å². The minimum Gasteiger partial charge on any atom is -0.380 e. The number of nitriles is 1. The zero-order valence-corrected chi connectivity index (χ0v) is 14.2. The van der Waals surface area contributed by atoms with Crippen molar-refractivity contribution < 1.29 is 25.8 Å². The summed E-state index contributed by atoms with van der Waals surface area (Å²) in [5.41, 5.74) is -3.96. The van der Waals surface area contributed by atoms with Crippen molar-refractivity contribution in [3.63, 3.8) is 0 Å². The van der Waals surface area contributed by atoms with E-state index in [4.69, 9.17) is 0 Å². The molecule has 0 saturated heterocycles. The summed E-state index contributed by atoms with van der Waals surface area (Å²) in [6.07, 6.45) is 1.18. The van der Waals surface area contributed by atoms with Gasteiger partial charge in [0.2, 0.25) is 0 Å². The zero-order valence-electron chi connectivity index (χ0n) is 13.4. The van der Waals surface area contributed by atoms with Gasteiger partial charge < -0.3 is 4.18 Å². The Labute approximate surface area is 147 Å². The van der Waals surface area contributed by atoms with Crippen LogP contribution in [0.2, 0.25) is 0 Å². The molecule has 1 aromatic carbocycles.